The molecule has 0 unspecified atom stereocenters. The van der Waals surface area contributed by atoms with E-state index in [1.54, 1.807) is 12.1 Å². The molecule has 8 nitrogen and oxygen atoms in total. The quantitative estimate of drug-likeness (QED) is 0.584. The van der Waals surface area contributed by atoms with Crippen molar-refractivity contribution in [2.75, 3.05) is 18.5 Å². The molecule has 0 radical (unpaired) electrons. The molecule has 162 valence electrons. The molecule has 0 spiro atoms. The Labute approximate surface area is 184 Å². The maximum Gasteiger partial charge on any atom is 0.321 e. The molecule has 0 bridgehead atoms. The van der Waals surface area contributed by atoms with Crippen LogP contribution < -0.4 is 10.0 Å². The minimum absolute atomic E-state index is 0.454. The van der Waals surface area contributed by atoms with E-state index in [9.17, 15) is 23.3 Å². The number of carbonyl (C=O) groups is 2. The maximum atomic E-state index is 12.1. The number of nitrogens with zero attached hydrogens (tertiary/aromatic N) is 1. The number of nitrogens with one attached hydrogen (secondary N) is 2. The van der Waals surface area contributed by atoms with Gasteiger partial charge in [0.2, 0.25) is 10.0 Å². The fourth-order valence-electron chi connectivity index (χ4n) is 3.02. The van der Waals surface area contributed by atoms with Crippen LogP contribution in [0.5, 0.6) is 0 Å². The van der Waals surface area contributed by atoms with Gasteiger partial charge in [0.05, 0.1) is 5.56 Å². The van der Waals surface area contributed by atoms with Crippen LogP contribution in [-0.4, -0.2) is 33.4 Å². The zero-order valence-corrected chi connectivity index (χ0v) is 18.4. The van der Waals surface area contributed by atoms with E-state index in [0.717, 1.165) is 40.7 Å². The highest BCUT2D eigenvalue weighted by Gasteiger charge is 2.23. The lowest BCUT2D eigenvalue weighted by atomic mass is 10.1. The lowest BCUT2D eigenvalue weighted by Gasteiger charge is -2.06. The monoisotopic (exact) mass is 459 g/mol. The first kappa shape index (κ1) is 22.7. The Morgan fingerprint density at radius 2 is 2.00 bits per heavy atom. The SMILES string of the molecule is Cc1ccc(C=CS(=O)(=O)NCC(=O)OCC(=O)Nc2sc3c(c2C#N)CCC3)cc1. The van der Waals surface area contributed by atoms with Gasteiger partial charge >= 0.3 is 5.97 Å². The second-order valence-electron chi connectivity index (χ2n) is 6.96. The van der Waals surface area contributed by atoms with Gasteiger partial charge in [-0.1, -0.05) is 29.8 Å². The van der Waals surface area contributed by atoms with Gasteiger partial charge in [0, 0.05) is 10.3 Å². The number of anilines is 1. The van der Waals surface area contributed by atoms with Gasteiger partial charge in [-0.15, -0.1) is 11.3 Å². The van der Waals surface area contributed by atoms with Gasteiger partial charge in [-0.3, -0.25) is 9.59 Å². The number of hydrogen-bond donors (Lipinski definition) is 2. The smallest absolute Gasteiger partial charge is 0.321 e. The first-order valence-corrected chi connectivity index (χ1v) is 11.9. The van der Waals surface area contributed by atoms with Crippen molar-refractivity contribution in [1.82, 2.24) is 4.72 Å². The Hall–Kier alpha value is -3.00. The van der Waals surface area contributed by atoms with Gasteiger partial charge < -0.3 is 10.1 Å². The first-order valence-electron chi connectivity index (χ1n) is 9.52. The van der Waals surface area contributed by atoms with Crippen LogP contribution in [0.2, 0.25) is 0 Å². The lowest BCUT2D eigenvalue weighted by Crippen LogP contribution is -2.31. The van der Waals surface area contributed by atoms with E-state index in [0.29, 0.717) is 16.1 Å². The third kappa shape index (κ3) is 6.24. The summed E-state index contributed by atoms with van der Waals surface area (Å²) in [4.78, 5) is 24.9. The molecule has 10 heteroatoms. The number of nitriles is 1. The number of esters is 1. The molecule has 2 aromatic rings. The molecule has 3 rings (SSSR count). The van der Waals surface area contributed by atoms with Crippen molar-refractivity contribution in [2.45, 2.75) is 26.2 Å². The largest absolute Gasteiger partial charge is 0.455 e. The molecule has 1 amide bonds. The fraction of sp³-hybridized carbons (Fsp3) is 0.286. The molecule has 1 aromatic heterocycles. The van der Waals surface area contributed by atoms with Crippen LogP contribution in [0.15, 0.2) is 29.7 Å². The van der Waals surface area contributed by atoms with Gasteiger partial charge in [-0.2, -0.15) is 5.26 Å². The number of benzene rings is 1. The van der Waals surface area contributed by atoms with Crippen molar-refractivity contribution < 1.29 is 22.7 Å². The number of fused-ring (bicyclic) bond motifs is 1. The van der Waals surface area contributed by atoms with Gasteiger partial charge in [-0.05, 0) is 43.4 Å². The Balaban J connectivity index is 1.45. The van der Waals surface area contributed by atoms with E-state index in [-0.39, 0.29) is 0 Å². The lowest BCUT2D eigenvalue weighted by molar-refractivity contribution is -0.146. The topological polar surface area (TPSA) is 125 Å². The fourth-order valence-corrected chi connectivity index (χ4v) is 5.03. The number of sulfonamides is 1. The van der Waals surface area contributed by atoms with E-state index in [4.69, 9.17) is 4.74 Å². The van der Waals surface area contributed by atoms with Crippen LogP contribution in [0.4, 0.5) is 5.00 Å². The molecule has 0 saturated carbocycles. The predicted molar refractivity (Wildman–Crippen MR) is 118 cm³/mol. The summed E-state index contributed by atoms with van der Waals surface area (Å²) in [5, 5.41) is 13.3. The van der Waals surface area contributed by atoms with E-state index in [2.05, 4.69) is 16.1 Å². The molecular weight excluding hydrogens is 438 g/mol. The van der Waals surface area contributed by atoms with Crippen molar-refractivity contribution in [3.8, 4) is 6.07 Å². The number of rotatable bonds is 8. The third-order valence-corrected chi connectivity index (χ3v) is 6.83. The Bertz CT molecular complexity index is 1160. The second-order valence-corrected chi connectivity index (χ2v) is 9.72. The average molecular weight is 460 g/mol. The number of carbonyl (C=O) groups excluding carboxylic acids is 2. The molecule has 0 saturated heterocycles. The van der Waals surface area contributed by atoms with Gasteiger partial charge in [-0.25, -0.2) is 13.1 Å². The van der Waals surface area contributed by atoms with Crippen LogP contribution in [0, 0.1) is 18.3 Å². The van der Waals surface area contributed by atoms with Crippen molar-refractivity contribution in [1.29, 1.82) is 5.26 Å². The minimum Gasteiger partial charge on any atom is -0.455 e. The van der Waals surface area contributed by atoms with Crippen molar-refractivity contribution in [2.24, 2.45) is 0 Å². The van der Waals surface area contributed by atoms with Crippen LogP contribution >= 0.6 is 11.3 Å². The highest BCUT2D eigenvalue weighted by molar-refractivity contribution is 7.92. The summed E-state index contributed by atoms with van der Waals surface area (Å²) in [6.45, 7) is 0.741. The van der Waals surface area contributed by atoms with Gasteiger partial charge in [0.1, 0.15) is 17.6 Å². The molecule has 0 fully saturated rings. The van der Waals surface area contributed by atoms with Crippen LogP contribution in [-0.2, 0) is 37.2 Å². The molecule has 1 aromatic carbocycles. The van der Waals surface area contributed by atoms with Gasteiger partial charge in [0.25, 0.3) is 5.91 Å². The Morgan fingerprint density at radius 3 is 2.71 bits per heavy atom. The molecule has 1 aliphatic rings. The van der Waals surface area contributed by atoms with Crippen molar-refractivity contribution >= 4 is 44.3 Å². The van der Waals surface area contributed by atoms with E-state index in [1.165, 1.54) is 17.4 Å². The number of hydrogen-bond acceptors (Lipinski definition) is 7. The third-order valence-electron chi connectivity index (χ3n) is 4.58. The maximum absolute atomic E-state index is 12.1. The van der Waals surface area contributed by atoms with Crippen LogP contribution in [0.25, 0.3) is 6.08 Å². The summed E-state index contributed by atoms with van der Waals surface area (Å²) >= 11 is 1.36. The molecule has 1 aliphatic carbocycles. The second kappa shape index (κ2) is 9.87. The summed E-state index contributed by atoms with van der Waals surface area (Å²) in [6, 6.07) is 9.36. The van der Waals surface area contributed by atoms with Crippen molar-refractivity contribution in [3.63, 3.8) is 0 Å². The number of aryl methyl sites for hydroxylation is 2. The summed E-state index contributed by atoms with van der Waals surface area (Å²) in [5.74, 6) is -1.48. The Morgan fingerprint density at radius 1 is 1.26 bits per heavy atom. The number of thiophene rings is 1. The summed E-state index contributed by atoms with van der Waals surface area (Å²) in [7, 11) is -3.85. The molecule has 0 atom stereocenters. The molecule has 0 aliphatic heterocycles. The zero-order chi connectivity index (χ0) is 22.4. The zero-order valence-electron chi connectivity index (χ0n) is 16.8. The average Bonchev–Trinajstić information content (AvgIpc) is 3.31. The number of ether oxygens (including phenoxy) is 1. The highest BCUT2D eigenvalue weighted by atomic mass is 32.2. The predicted octanol–water partition coefficient (Wildman–Crippen LogP) is 2.49. The summed E-state index contributed by atoms with van der Waals surface area (Å²) in [6.07, 6.45) is 4.11. The minimum atomic E-state index is -3.85. The highest BCUT2D eigenvalue weighted by Crippen LogP contribution is 2.38. The Kier molecular flexibility index (Phi) is 7.22. The molecular formula is C21H21N3O5S2. The number of amides is 1. The van der Waals surface area contributed by atoms with Gasteiger partial charge in [0.15, 0.2) is 6.61 Å². The summed E-state index contributed by atoms with van der Waals surface area (Å²) < 4.78 is 30.9. The van der Waals surface area contributed by atoms with Crippen molar-refractivity contribution in [3.05, 3.63) is 56.8 Å². The normalized spacial score (nSPS) is 13.0. The van der Waals surface area contributed by atoms with Crippen LogP contribution in [0.1, 0.15) is 33.6 Å². The van der Waals surface area contributed by atoms with E-state index >= 15 is 0 Å². The summed E-state index contributed by atoms with van der Waals surface area (Å²) in [5.41, 5.74) is 3.20. The molecule has 2 N–H and O–H groups in total. The van der Waals surface area contributed by atoms with E-state index < -0.39 is 35.1 Å². The standard InChI is InChI=1S/C21H21N3O5S2/c1-14-5-7-15(8-6-14)9-10-31(27,28)23-12-20(26)29-13-19(25)24-21-17(11-22)16-3-2-4-18(16)30-21/h5-10,23H,2-4,12-13H2,1H3,(H,24,25). The van der Waals surface area contributed by atoms with Crippen LogP contribution in [0.3, 0.4) is 0 Å². The van der Waals surface area contributed by atoms with E-state index in [1.807, 2.05) is 19.1 Å². The molecule has 1 heterocycles. The molecule has 31 heavy (non-hydrogen) atoms. The first-order chi connectivity index (χ1) is 14.8.